The van der Waals surface area contributed by atoms with Crippen molar-refractivity contribution in [1.29, 1.82) is 0 Å². The van der Waals surface area contributed by atoms with Crippen LogP contribution in [-0.4, -0.2) is 64.3 Å². The number of nitrogens with one attached hydrogen (secondary N) is 2. The molecule has 9 heteroatoms. The predicted molar refractivity (Wildman–Crippen MR) is 125 cm³/mol. The SMILES string of the molecule is CCNC(=NCC1CCN(S(C)(=O)=O)CC1)NCCOCc1ccccc1.I. The summed E-state index contributed by atoms with van der Waals surface area (Å²) < 4.78 is 30.4. The summed E-state index contributed by atoms with van der Waals surface area (Å²) in [5, 5.41) is 6.53. The Bertz CT molecular complexity index is 678. The summed E-state index contributed by atoms with van der Waals surface area (Å²) in [5.41, 5.74) is 1.17. The molecule has 0 radical (unpaired) electrons. The Hall–Kier alpha value is -0.910. The Kier molecular flexibility index (Phi) is 12.0. The topological polar surface area (TPSA) is 83.0 Å². The van der Waals surface area contributed by atoms with Gasteiger partial charge in [0.25, 0.3) is 0 Å². The van der Waals surface area contributed by atoms with Crippen molar-refractivity contribution in [3.05, 3.63) is 35.9 Å². The molecule has 1 aromatic rings. The highest BCUT2D eigenvalue weighted by molar-refractivity contribution is 14.0. The first kappa shape index (κ1) is 25.1. The molecule has 160 valence electrons. The van der Waals surface area contributed by atoms with Gasteiger partial charge in [0.2, 0.25) is 10.0 Å². The molecule has 1 heterocycles. The second kappa shape index (κ2) is 13.3. The van der Waals surface area contributed by atoms with Gasteiger partial charge in [-0.25, -0.2) is 12.7 Å². The van der Waals surface area contributed by atoms with Crippen LogP contribution < -0.4 is 10.6 Å². The smallest absolute Gasteiger partial charge is 0.211 e. The molecule has 1 fully saturated rings. The van der Waals surface area contributed by atoms with Crippen molar-refractivity contribution in [2.24, 2.45) is 10.9 Å². The molecule has 0 aromatic heterocycles. The number of piperidine rings is 1. The fourth-order valence-electron chi connectivity index (χ4n) is 2.99. The van der Waals surface area contributed by atoms with Crippen molar-refractivity contribution in [2.75, 3.05) is 45.6 Å². The Morgan fingerprint density at radius 1 is 1.21 bits per heavy atom. The summed E-state index contributed by atoms with van der Waals surface area (Å²) in [6.07, 6.45) is 2.99. The largest absolute Gasteiger partial charge is 0.375 e. The van der Waals surface area contributed by atoms with Crippen molar-refractivity contribution in [3.63, 3.8) is 0 Å². The fraction of sp³-hybridized carbons (Fsp3) is 0.632. The van der Waals surface area contributed by atoms with Gasteiger partial charge in [0, 0.05) is 32.7 Å². The van der Waals surface area contributed by atoms with E-state index in [1.54, 1.807) is 4.31 Å². The zero-order valence-electron chi connectivity index (χ0n) is 16.8. The molecule has 28 heavy (non-hydrogen) atoms. The molecule has 2 N–H and O–H groups in total. The van der Waals surface area contributed by atoms with E-state index in [1.165, 1.54) is 11.8 Å². The average molecular weight is 524 g/mol. The van der Waals surface area contributed by atoms with Crippen LogP contribution in [0.1, 0.15) is 25.3 Å². The van der Waals surface area contributed by atoms with Crippen LogP contribution in [0.4, 0.5) is 0 Å². The Morgan fingerprint density at radius 2 is 1.89 bits per heavy atom. The van der Waals surface area contributed by atoms with Gasteiger partial charge in [-0.2, -0.15) is 0 Å². The van der Waals surface area contributed by atoms with E-state index in [-0.39, 0.29) is 24.0 Å². The lowest BCUT2D eigenvalue weighted by atomic mass is 9.98. The van der Waals surface area contributed by atoms with Crippen molar-refractivity contribution in [3.8, 4) is 0 Å². The highest BCUT2D eigenvalue weighted by Gasteiger charge is 2.24. The van der Waals surface area contributed by atoms with Gasteiger partial charge in [0.05, 0.1) is 19.5 Å². The monoisotopic (exact) mass is 524 g/mol. The molecule has 7 nitrogen and oxygen atoms in total. The molecule has 0 bridgehead atoms. The van der Waals surface area contributed by atoms with E-state index in [9.17, 15) is 8.42 Å². The number of benzene rings is 1. The number of hydrogen-bond donors (Lipinski definition) is 2. The van der Waals surface area contributed by atoms with Gasteiger partial charge in [-0.1, -0.05) is 30.3 Å². The second-order valence-electron chi connectivity index (χ2n) is 6.79. The highest BCUT2D eigenvalue weighted by Crippen LogP contribution is 2.19. The molecule has 1 aromatic carbocycles. The van der Waals surface area contributed by atoms with Gasteiger partial charge < -0.3 is 15.4 Å². The Labute approximate surface area is 186 Å². The lowest BCUT2D eigenvalue weighted by molar-refractivity contribution is 0.125. The van der Waals surface area contributed by atoms with Crippen LogP contribution in [-0.2, 0) is 21.4 Å². The van der Waals surface area contributed by atoms with E-state index < -0.39 is 10.0 Å². The summed E-state index contributed by atoms with van der Waals surface area (Å²) in [7, 11) is -3.07. The summed E-state index contributed by atoms with van der Waals surface area (Å²) in [6, 6.07) is 10.1. The fourth-order valence-corrected chi connectivity index (χ4v) is 3.87. The van der Waals surface area contributed by atoms with Crippen LogP contribution in [0.25, 0.3) is 0 Å². The Morgan fingerprint density at radius 3 is 2.50 bits per heavy atom. The van der Waals surface area contributed by atoms with Crippen LogP contribution in [0.3, 0.4) is 0 Å². The molecular formula is C19H33IN4O3S. The van der Waals surface area contributed by atoms with Crippen LogP contribution in [0.5, 0.6) is 0 Å². The zero-order chi connectivity index (χ0) is 19.5. The molecular weight excluding hydrogens is 491 g/mol. The normalized spacial score (nSPS) is 16.4. The number of rotatable bonds is 9. The molecule has 0 amide bonds. The maximum atomic E-state index is 11.6. The Balaban J connectivity index is 0.00000392. The van der Waals surface area contributed by atoms with E-state index >= 15 is 0 Å². The van der Waals surface area contributed by atoms with E-state index in [1.807, 2.05) is 37.3 Å². The molecule has 0 aliphatic carbocycles. The first-order valence-electron chi connectivity index (χ1n) is 9.58. The standard InChI is InChI=1S/C19H32N4O3S.HI/c1-3-20-19(21-11-14-26-16-18-7-5-4-6-8-18)22-15-17-9-12-23(13-10-17)27(2,24)25;/h4-8,17H,3,9-16H2,1-2H3,(H2,20,21,22);1H. The molecule has 1 saturated heterocycles. The van der Waals surface area contributed by atoms with E-state index in [0.717, 1.165) is 25.3 Å². The zero-order valence-corrected chi connectivity index (χ0v) is 19.9. The minimum absolute atomic E-state index is 0. The number of sulfonamides is 1. The van der Waals surface area contributed by atoms with E-state index in [2.05, 4.69) is 15.6 Å². The van der Waals surface area contributed by atoms with Crippen LogP contribution in [0, 0.1) is 5.92 Å². The third-order valence-corrected chi connectivity index (χ3v) is 5.85. The lowest BCUT2D eigenvalue weighted by Crippen LogP contribution is -2.40. The van der Waals surface area contributed by atoms with Crippen LogP contribution in [0.2, 0.25) is 0 Å². The molecule has 1 aliphatic rings. The first-order chi connectivity index (χ1) is 13.0. The molecule has 0 unspecified atom stereocenters. The number of hydrogen-bond acceptors (Lipinski definition) is 4. The summed E-state index contributed by atoms with van der Waals surface area (Å²) >= 11 is 0. The molecule has 0 atom stereocenters. The summed E-state index contributed by atoms with van der Waals surface area (Å²) in [6.45, 7) is 6.62. The first-order valence-corrected chi connectivity index (χ1v) is 11.4. The molecule has 0 spiro atoms. The van der Waals surface area contributed by atoms with Crippen LogP contribution >= 0.6 is 24.0 Å². The quantitative estimate of drug-likeness (QED) is 0.224. The van der Waals surface area contributed by atoms with Crippen LogP contribution in [0.15, 0.2) is 35.3 Å². The minimum atomic E-state index is -3.07. The number of ether oxygens (including phenoxy) is 1. The maximum absolute atomic E-state index is 11.6. The lowest BCUT2D eigenvalue weighted by Gasteiger charge is -2.29. The van der Waals surface area contributed by atoms with Crippen molar-refractivity contribution in [2.45, 2.75) is 26.4 Å². The summed E-state index contributed by atoms with van der Waals surface area (Å²) in [5.74, 6) is 1.21. The van der Waals surface area contributed by atoms with Gasteiger partial charge in [-0.05, 0) is 31.2 Å². The highest BCUT2D eigenvalue weighted by atomic mass is 127. The number of halogens is 1. The second-order valence-corrected chi connectivity index (χ2v) is 8.77. The minimum Gasteiger partial charge on any atom is -0.375 e. The third kappa shape index (κ3) is 9.53. The van der Waals surface area contributed by atoms with Crippen molar-refractivity contribution >= 4 is 40.0 Å². The number of nitrogens with zero attached hydrogens (tertiary/aromatic N) is 2. The number of guanidine groups is 1. The molecule has 2 rings (SSSR count). The average Bonchev–Trinajstić information content (AvgIpc) is 2.66. The summed E-state index contributed by atoms with van der Waals surface area (Å²) in [4.78, 5) is 4.65. The van der Waals surface area contributed by atoms with E-state index in [0.29, 0.717) is 45.3 Å². The van der Waals surface area contributed by atoms with Gasteiger partial charge in [0.1, 0.15) is 0 Å². The number of aliphatic imine (C=N–C) groups is 1. The van der Waals surface area contributed by atoms with Gasteiger partial charge in [-0.15, -0.1) is 24.0 Å². The third-order valence-electron chi connectivity index (χ3n) is 4.54. The molecule has 0 saturated carbocycles. The molecule has 1 aliphatic heterocycles. The maximum Gasteiger partial charge on any atom is 0.211 e. The van der Waals surface area contributed by atoms with Gasteiger partial charge in [0.15, 0.2) is 5.96 Å². The predicted octanol–water partition coefficient (Wildman–Crippen LogP) is 2.05. The van der Waals surface area contributed by atoms with Crippen molar-refractivity contribution < 1.29 is 13.2 Å². The van der Waals surface area contributed by atoms with Crippen molar-refractivity contribution in [1.82, 2.24) is 14.9 Å². The van der Waals surface area contributed by atoms with Gasteiger partial charge >= 0.3 is 0 Å². The van der Waals surface area contributed by atoms with E-state index in [4.69, 9.17) is 4.74 Å². The van der Waals surface area contributed by atoms with Gasteiger partial charge in [-0.3, -0.25) is 4.99 Å².